The maximum absolute atomic E-state index is 7.17. The van der Waals surface area contributed by atoms with E-state index < -0.39 is 7.32 Å². The van der Waals surface area contributed by atoms with Crippen LogP contribution in [0.4, 0.5) is 0 Å². The van der Waals surface area contributed by atoms with Crippen molar-refractivity contribution in [2.45, 2.75) is 0 Å². The van der Waals surface area contributed by atoms with E-state index in [1.165, 1.54) is 0 Å². The van der Waals surface area contributed by atoms with E-state index in [4.69, 9.17) is 15.1 Å². The fraction of sp³-hybridized carbons (Fsp3) is 0. The SMILES string of the molecule is OB(O)O.[Gd].[H-].[H-].[La].[Sr+2]. The molecule has 0 bridgehead atoms. The Kier molecular flexibility index (Phi) is 52.9. The summed E-state index contributed by atoms with van der Waals surface area (Å²) in [6.07, 6.45) is 0. The van der Waals surface area contributed by atoms with Gasteiger partial charge in [0.25, 0.3) is 0 Å². The van der Waals surface area contributed by atoms with E-state index in [-0.39, 0.29) is 124 Å². The molecule has 0 spiro atoms. The second-order valence-corrected chi connectivity index (χ2v) is 0.346. The summed E-state index contributed by atoms with van der Waals surface area (Å²) in [4.78, 5) is 0. The molecule has 0 unspecified atom stereocenters. The molecule has 0 heterocycles. The van der Waals surface area contributed by atoms with Gasteiger partial charge in [0, 0.05) is 75.5 Å². The fourth-order valence-electron chi connectivity index (χ4n) is 0. The van der Waals surface area contributed by atoms with Crippen LogP contribution in [0.2, 0.25) is 0 Å². The number of hydrogen-bond acceptors (Lipinski definition) is 3. The summed E-state index contributed by atoms with van der Waals surface area (Å²) in [6, 6.07) is 0. The molecule has 0 aliphatic carbocycles. The molecule has 3 N–H and O–H groups in total. The Hall–Kier alpha value is 3.94. The zero-order valence-corrected chi connectivity index (χ0v) is 12.9. The Labute approximate surface area is 142 Å². The van der Waals surface area contributed by atoms with Crippen LogP contribution in [0.3, 0.4) is 0 Å². The van der Waals surface area contributed by atoms with Gasteiger partial charge >= 0.3 is 52.8 Å². The fourth-order valence-corrected chi connectivity index (χ4v) is 0. The Balaban J connectivity index is -0.00000000450. The van der Waals surface area contributed by atoms with Crippen LogP contribution in [-0.4, -0.2) is 67.9 Å². The molecule has 0 saturated carbocycles. The first-order chi connectivity index (χ1) is 1.73. The van der Waals surface area contributed by atoms with Gasteiger partial charge in [0.15, 0.2) is 0 Å². The molecule has 0 saturated heterocycles. The standard InChI is InChI=1S/BH3O3.Gd.La.Sr.2H/c2-1(3)4;;;;;/h2-4H;;;;;/q;;;+2;2*-1. The molecule has 0 aromatic heterocycles. The molecule has 0 atom stereocenters. The van der Waals surface area contributed by atoms with Crippen LogP contribution in [0.5, 0.6) is 0 Å². The van der Waals surface area contributed by atoms with Crippen LogP contribution in [-0.2, 0) is 0 Å². The van der Waals surface area contributed by atoms with Gasteiger partial charge in [-0.15, -0.1) is 0 Å². The van der Waals surface area contributed by atoms with E-state index in [0.717, 1.165) is 0 Å². The first kappa shape index (κ1) is 22.4. The molecular weight excluding hydrogens is 443 g/mol. The summed E-state index contributed by atoms with van der Waals surface area (Å²) in [7, 11) is -2.17. The minimum atomic E-state index is -2.17. The van der Waals surface area contributed by atoms with Crippen molar-refractivity contribution in [2.24, 2.45) is 0 Å². The molecule has 3 nitrogen and oxygen atoms in total. The summed E-state index contributed by atoms with van der Waals surface area (Å²) in [6.45, 7) is 0. The largest absolute Gasteiger partial charge is 2.00 e. The average Bonchev–Trinajstić information content (AvgIpc) is 0.811. The van der Waals surface area contributed by atoms with Gasteiger partial charge in [0.1, 0.15) is 0 Å². The van der Waals surface area contributed by atoms with E-state index in [9.17, 15) is 0 Å². The Morgan fingerprint density at radius 1 is 1.14 bits per heavy atom. The second-order valence-electron chi connectivity index (χ2n) is 0.346. The third-order valence-corrected chi connectivity index (χ3v) is 0. The number of rotatable bonds is 0. The van der Waals surface area contributed by atoms with Crippen molar-refractivity contribution in [3.63, 3.8) is 0 Å². The summed E-state index contributed by atoms with van der Waals surface area (Å²) >= 11 is 0. The molecular formula is H5BGdLaO3Sr. The molecule has 7 heavy (non-hydrogen) atoms. The maximum Gasteiger partial charge on any atom is 2.00 e. The zero-order chi connectivity index (χ0) is 3.58. The Morgan fingerprint density at radius 2 is 1.14 bits per heavy atom. The molecule has 0 aliphatic rings. The van der Waals surface area contributed by atoms with Gasteiger partial charge in [-0.05, 0) is 0 Å². The smallest absolute Gasteiger partial charge is 1.00 e. The van der Waals surface area contributed by atoms with Crippen molar-refractivity contribution >= 4 is 52.8 Å². The van der Waals surface area contributed by atoms with Gasteiger partial charge in [0.05, 0.1) is 0 Å². The first-order valence-electron chi connectivity index (χ1n) is 0.775. The van der Waals surface area contributed by atoms with Crippen molar-refractivity contribution in [3.8, 4) is 0 Å². The monoisotopic (exact) mass is 449 g/mol. The number of hydrogen-bond donors (Lipinski definition) is 3. The van der Waals surface area contributed by atoms with E-state index in [0.29, 0.717) is 0 Å². The van der Waals surface area contributed by atoms with Crippen molar-refractivity contribution < 1.29 is 93.5 Å². The summed E-state index contributed by atoms with van der Waals surface area (Å²) in [5.74, 6) is 0. The van der Waals surface area contributed by atoms with Crippen LogP contribution in [0.15, 0.2) is 0 Å². The van der Waals surface area contributed by atoms with E-state index in [1.54, 1.807) is 0 Å². The third kappa shape index (κ3) is 40.3. The van der Waals surface area contributed by atoms with Gasteiger partial charge in [0.2, 0.25) is 0 Å². The van der Waals surface area contributed by atoms with Crippen LogP contribution < -0.4 is 0 Å². The molecule has 0 amide bonds. The molecule has 7 heteroatoms. The minimum absolute atomic E-state index is 0. The van der Waals surface area contributed by atoms with E-state index in [2.05, 4.69) is 0 Å². The van der Waals surface area contributed by atoms with Crippen molar-refractivity contribution in [2.75, 3.05) is 0 Å². The molecule has 1 radical (unpaired) electrons. The molecule has 0 fully saturated rings. The Bertz CT molecular complexity index is 26.5. The van der Waals surface area contributed by atoms with Crippen LogP contribution >= 0.6 is 0 Å². The molecule has 0 rings (SSSR count). The van der Waals surface area contributed by atoms with Gasteiger partial charge in [-0.3, -0.25) is 0 Å². The molecule has 0 aliphatic heterocycles. The average molecular weight is 448 g/mol. The van der Waals surface area contributed by atoms with Gasteiger partial charge in [-0.25, -0.2) is 0 Å². The Morgan fingerprint density at radius 3 is 1.14 bits per heavy atom. The summed E-state index contributed by atoms with van der Waals surface area (Å²) in [5, 5.41) is 21.5. The van der Waals surface area contributed by atoms with Crippen LogP contribution in [0, 0.1) is 75.5 Å². The normalized spacial score (nSPS) is 3.86. The van der Waals surface area contributed by atoms with Crippen molar-refractivity contribution in [1.29, 1.82) is 0 Å². The first-order valence-corrected chi connectivity index (χ1v) is 0.775. The molecule has 39 valence electrons. The second kappa shape index (κ2) is 16.5. The topological polar surface area (TPSA) is 60.7 Å². The minimum Gasteiger partial charge on any atom is -1.00 e. The van der Waals surface area contributed by atoms with E-state index in [1.807, 2.05) is 0 Å². The van der Waals surface area contributed by atoms with Gasteiger partial charge in [-0.1, -0.05) is 0 Å². The quantitative estimate of drug-likeness (QED) is 0.369. The predicted molar refractivity (Wildman–Crippen MR) is 20.4 cm³/mol. The van der Waals surface area contributed by atoms with Crippen LogP contribution in [0.25, 0.3) is 0 Å². The van der Waals surface area contributed by atoms with Crippen molar-refractivity contribution in [3.05, 3.63) is 0 Å². The van der Waals surface area contributed by atoms with Crippen LogP contribution in [0.1, 0.15) is 2.85 Å². The third-order valence-electron chi connectivity index (χ3n) is 0. The zero-order valence-electron chi connectivity index (χ0n) is 5.56. The van der Waals surface area contributed by atoms with Gasteiger partial charge < -0.3 is 17.9 Å². The molecule has 0 aromatic carbocycles. The summed E-state index contributed by atoms with van der Waals surface area (Å²) < 4.78 is 0. The summed E-state index contributed by atoms with van der Waals surface area (Å²) in [5.41, 5.74) is 0. The molecule has 0 aromatic rings. The van der Waals surface area contributed by atoms with E-state index >= 15 is 0 Å². The predicted octanol–water partition coefficient (Wildman–Crippen LogP) is -2.21. The van der Waals surface area contributed by atoms with Gasteiger partial charge in [-0.2, -0.15) is 0 Å². The van der Waals surface area contributed by atoms with Crippen molar-refractivity contribution in [1.82, 2.24) is 0 Å². The maximum atomic E-state index is 7.17.